The molecule has 1 aromatic carbocycles. The summed E-state index contributed by atoms with van der Waals surface area (Å²) >= 11 is 0. The van der Waals surface area contributed by atoms with Crippen LogP contribution in [0, 0.1) is 6.92 Å². The minimum Gasteiger partial charge on any atom is -0.348 e. The molecule has 1 amide bonds. The highest BCUT2D eigenvalue weighted by Gasteiger charge is 2.41. The first-order chi connectivity index (χ1) is 12.8. The smallest absolute Gasteiger partial charge is 0.348 e. The number of nitrogens with zero attached hydrogens (tertiary/aromatic N) is 3. The summed E-state index contributed by atoms with van der Waals surface area (Å²) in [6.45, 7) is 3.22. The topological polar surface area (TPSA) is 50.2 Å². The molecule has 3 rings (SSSR count). The van der Waals surface area contributed by atoms with Crippen molar-refractivity contribution < 1.29 is 18.0 Å². The fourth-order valence-corrected chi connectivity index (χ4v) is 3.55. The molecule has 0 aliphatic carbocycles. The van der Waals surface area contributed by atoms with E-state index in [4.69, 9.17) is 0 Å². The first kappa shape index (κ1) is 19.4. The van der Waals surface area contributed by atoms with Gasteiger partial charge in [-0.2, -0.15) is 18.3 Å². The molecule has 5 nitrogen and oxygen atoms in total. The number of piperidine rings is 1. The maximum Gasteiger partial charge on any atom is 0.435 e. The Morgan fingerprint density at radius 3 is 2.63 bits per heavy atom. The highest BCUT2D eigenvalue weighted by atomic mass is 19.4. The molecule has 0 bridgehead atoms. The maximum absolute atomic E-state index is 13.5. The van der Waals surface area contributed by atoms with Crippen LogP contribution in [0.4, 0.5) is 13.2 Å². The SMILES string of the molecule is Cc1c(C(=O)NCc2ccccc2)c(C(F)(F)F)nn1C1CCCN(C)C1. The number of alkyl halides is 3. The summed E-state index contributed by atoms with van der Waals surface area (Å²) in [4.78, 5) is 14.7. The summed E-state index contributed by atoms with van der Waals surface area (Å²) in [6, 6.07) is 8.90. The van der Waals surface area contributed by atoms with Gasteiger partial charge in [-0.1, -0.05) is 30.3 Å². The Hall–Kier alpha value is -2.35. The van der Waals surface area contributed by atoms with Gasteiger partial charge in [0, 0.05) is 18.8 Å². The summed E-state index contributed by atoms with van der Waals surface area (Å²) in [5.74, 6) is -0.751. The molecule has 1 aromatic heterocycles. The predicted octanol–water partition coefficient (Wildman–Crippen LogP) is 3.41. The van der Waals surface area contributed by atoms with Gasteiger partial charge in [-0.15, -0.1) is 0 Å². The third-order valence-electron chi connectivity index (χ3n) is 4.89. The van der Waals surface area contributed by atoms with E-state index in [2.05, 4.69) is 15.3 Å². The van der Waals surface area contributed by atoms with Crippen molar-refractivity contribution in [2.75, 3.05) is 20.1 Å². The van der Waals surface area contributed by atoms with Crippen LogP contribution in [0.3, 0.4) is 0 Å². The van der Waals surface area contributed by atoms with Gasteiger partial charge in [0.05, 0.1) is 11.6 Å². The average molecular weight is 380 g/mol. The molecular formula is C19H23F3N4O. The Kier molecular flexibility index (Phi) is 5.55. The zero-order chi connectivity index (χ0) is 19.6. The van der Waals surface area contributed by atoms with Crippen LogP contribution < -0.4 is 5.32 Å². The number of likely N-dealkylation sites (N-methyl/N-ethyl adjacent to an activating group) is 1. The van der Waals surface area contributed by atoms with Gasteiger partial charge in [0.15, 0.2) is 5.69 Å². The van der Waals surface area contributed by atoms with E-state index >= 15 is 0 Å². The van der Waals surface area contributed by atoms with Crippen molar-refractivity contribution in [1.82, 2.24) is 20.0 Å². The molecule has 1 aliphatic heterocycles. The molecule has 1 unspecified atom stereocenters. The number of likely N-dealkylation sites (tertiary alicyclic amines) is 1. The second-order valence-electron chi connectivity index (χ2n) is 6.98. The zero-order valence-electron chi connectivity index (χ0n) is 15.4. The normalized spacial score (nSPS) is 18.5. The number of halogens is 3. The molecule has 0 radical (unpaired) electrons. The Morgan fingerprint density at radius 1 is 1.30 bits per heavy atom. The van der Waals surface area contributed by atoms with E-state index in [0.717, 1.165) is 24.9 Å². The van der Waals surface area contributed by atoms with Crippen LogP contribution in [0.15, 0.2) is 30.3 Å². The summed E-state index contributed by atoms with van der Waals surface area (Å²) in [6.07, 6.45) is -3.05. The number of amides is 1. The minimum atomic E-state index is -4.68. The molecule has 1 fully saturated rings. The number of carbonyl (C=O) groups is 1. The number of rotatable bonds is 4. The first-order valence-electron chi connectivity index (χ1n) is 8.94. The summed E-state index contributed by atoms with van der Waals surface area (Å²) in [5.41, 5.74) is -0.419. The van der Waals surface area contributed by atoms with Gasteiger partial charge in [0.2, 0.25) is 0 Å². The molecule has 1 saturated heterocycles. The molecule has 27 heavy (non-hydrogen) atoms. The largest absolute Gasteiger partial charge is 0.435 e. The van der Waals surface area contributed by atoms with Gasteiger partial charge in [-0.25, -0.2) is 0 Å². The average Bonchev–Trinajstić information content (AvgIpc) is 2.98. The molecule has 1 aliphatic rings. The van der Waals surface area contributed by atoms with Crippen LogP contribution >= 0.6 is 0 Å². The summed E-state index contributed by atoms with van der Waals surface area (Å²) in [5, 5.41) is 6.41. The lowest BCUT2D eigenvalue weighted by atomic mass is 10.1. The zero-order valence-corrected chi connectivity index (χ0v) is 15.4. The molecule has 0 spiro atoms. The van der Waals surface area contributed by atoms with Gasteiger partial charge >= 0.3 is 6.18 Å². The molecule has 8 heteroatoms. The molecule has 146 valence electrons. The van der Waals surface area contributed by atoms with E-state index in [-0.39, 0.29) is 23.8 Å². The number of benzene rings is 1. The van der Waals surface area contributed by atoms with Gasteiger partial charge in [-0.3, -0.25) is 9.48 Å². The molecule has 1 atom stereocenters. The summed E-state index contributed by atoms with van der Waals surface area (Å²) < 4.78 is 42.0. The third kappa shape index (κ3) is 4.32. The van der Waals surface area contributed by atoms with Gasteiger partial charge < -0.3 is 10.2 Å². The van der Waals surface area contributed by atoms with Crippen molar-refractivity contribution in [2.45, 2.75) is 38.5 Å². The monoisotopic (exact) mass is 380 g/mol. The number of hydrogen-bond donors (Lipinski definition) is 1. The van der Waals surface area contributed by atoms with Crippen molar-refractivity contribution in [3.05, 3.63) is 52.8 Å². The third-order valence-corrected chi connectivity index (χ3v) is 4.89. The van der Waals surface area contributed by atoms with Gasteiger partial charge in [0.1, 0.15) is 0 Å². The predicted molar refractivity (Wildman–Crippen MR) is 95.3 cm³/mol. The fraction of sp³-hybridized carbons (Fsp3) is 0.474. The van der Waals surface area contributed by atoms with E-state index in [9.17, 15) is 18.0 Å². The van der Waals surface area contributed by atoms with Gasteiger partial charge in [-0.05, 0) is 38.9 Å². The summed E-state index contributed by atoms with van der Waals surface area (Å²) in [7, 11) is 1.93. The molecule has 2 heterocycles. The molecule has 2 aromatic rings. The maximum atomic E-state index is 13.5. The lowest BCUT2D eigenvalue weighted by Gasteiger charge is -2.30. The fourth-order valence-electron chi connectivity index (χ4n) is 3.55. The van der Waals surface area contributed by atoms with Crippen LogP contribution in [0.1, 0.15) is 46.2 Å². The van der Waals surface area contributed by atoms with Crippen molar-refractivity contribution in [3.8, 4) is 0 Å². The standard InChI is InChI=1S/C19H23F3N4O/c1-13-16(18(27)23-11-14-7-4-3-5-8-14)17(19(20,21)22)24-26(13)15-9-6-10-25(2)12-15/h3-5,7-8,15H,6,9-12H2,1-2H3,(H,23,27). The quantitative estimate of drug-likeness (QED) is 0.885. The van der Waals surface area contributed by atoms with Crippen LogP contribution in [0.25, 0.3) is 0 Å². The first-order valence-corrected chi connectivity index (χ1v) is 8.94. The van der Waals surface area contributed by atoms with Crippen LogP contribution in [-0.4, -0.2) is 40.7 Å². The second-order valence-corrected chi connectivity index (χ2v) is 6.98. The van der Waals surface area contributed by atoms with Crippen LogP contribution in [0.5, 0.6) is 0 Å². The molecular weight excluding hydrogens is 357 g/mol. The Balaban J connectivity index is 1.89. The number of nitrogens with one attached hydrogen (secondary N) is 1. The molecule has 1 N–H and O–H groups in total. The lowest BCUT2D eigenvalue weighted by Crippen LogP contribution is -2.34. The number of hydrogen-bond acceptors (Lipinski definition) is 3. The van der Waals surface area contributed by atoms with Crippen LogP contribution in [0.2, 0.25) is 0 Å². The van der Waals surface area contributed by atoms with E-state index in [1.807, 2.05) is 25.2 Å². The highest BCUT2D eigenvalue weighted by molar-refractivity contribution is 5.96. The Morgan fingerprint density at radius 2 is 2.00 bits per heavy atom. The second kappa shape index (κ2) is 7.72. The number of aromatic nitrogens is 2. The van der Waals surface area contributed by atoms with E-state index in [1.54, 1.807) is 12.1 Å². The Bertz CT molecular complexity index is 801. The van der Waals surface area contributed by atoms with Crippen molar-refractivity contribution in [3.63, 3.8) is 0 Å². The van der Waals surface area contributed by atoms with Crippen molar-refractivity contribution in [2.24, 2.45) is 0 Å². The van der Waals surface area contributed by atoms with E-state index < -0.39 is 17.8 Å². The highest BCUT2D eigenvalue weighted by Crippen LogP contribution is 2.34. The Labute approximate surface area is 156 Å². The minimum absolute atomic E-state index is 0.160. The lowest BCUT2D eigenvalue weighted by molar-refractivity contribution is -0.142. The van der Waals surface area contributed by atoms with Crippen molar-refractivity contribution >= 4 is 5.91 Å². The molecule has 0 saturated carbocycles. The van der Waals surface area contributed by atoms with E-state index in [0.29, 0.717) is 6.54 Å². The van der Waals surface area contributed by atoms with Gasteiger partial charge in [0.25, 0.3) is 5.91 Å². The van der Waals surface area contributed by atoms with E-state index in [1.165, 1.54) is 11.6 Å². The van der Waals surface area contributed by atoms with Crippen molar-refractivity contribution in [1.29, 1.82) is 0 Å². The van der Waals surface area contributed by atoms with Crippen LogP contribution in [-0.2, 0) is 12.7 Å². The number of carbonyl (C=O) groups excluding carboxylic acids is 1.